The summed E-state index contributed by atoms with van der Waals surface area (Å²) >= 11 is 0. The number of anilines is 2. The summed E-state index contributed by atoms with van der Waals surface area (Å²) in [5, 5.41) is 18.2. The number of nitrogens with zero attached hydrogens (tertiary/aromatic N) is 4. The number of primary amides is 1. The maximum atomic E-state index is 13.7. The van der Waals surface area contributed by atoms with Gasteiger partial charge in [0.2, 0.25) is 11.9 Å². The number of pyridine rings is 2. The molecule has 0 saturated heterocycles. The molecule has 222 valence electrons. The highest BCUT2D eigenvalue weighted by molar-refractivity contribution is 6.02. The van der Waals surface area contributed by atoms with E-state index in [4.69, 9.17) is 10.5 Å². The average molecular weight is 594 g/mol. The second-order valence-corrected chi connectivity index (χ2v) is 11.0. The molecule has 0 radical (unpaired) electrons. The van der Waals surface area contributed by atoms with Crippen molar-refractivity contribution in [1.82, 2.24) is 25.3 Å². The Morgan fingerprint density at radius 1 is 1.07 bits per heavy atom. The highest BCUT2D eigenvalue weighted by atomic mass is 19.1. The van der Waals surface area contributed by atoms with E-state index in [-0.39, 0.29) is 18.8 Å². The van der Waals surface area contributed by atoms with E-state index in [9.17, 15) is 19.1 Å². The van der Waals surface area contributed by atoms with Crippen molar-refractivity contribution in [2.75, 3.05) is 18.5 Å². The first-order valence-corrected chi connectivity index (χ1v) is 13.7. The molecule has 4 heterocycles. The lowest BCUT2D eigenvalue weighted by molar-refractivity contribution is -0.123. The summed E-state index contributed by atoms with van der Waals surface area (Å²) < 4.78 is 19.6. The normalized spacial score (nSPS) is 16.9. The highest BCUT2D eigenvalue weighted by Crippen LogP contribution is 2.45. The van der Waals surface area contributed by atoms with Crippen molar-refractivity contribution < 1.29 is 23.8 Å². The molecule has 5 N–H and O–H groups in total. The van der Waals surface area contributed by atoms with E-state index in [1.807, 2.05) is 6.07 Å². The van der Waals surface area contributed by atoms with E-state index in [2.05, 4.69) is 30.6 Å². The molecule has 2 atom stereocenters. The van der Waals surface area contributed by atoms with Crippen molar-refractivity contribution in [3.63, 3.8) is 0 Å². The Morgan fingerprint density at radius 2 is 1.80 bits per heavy atom. The molecule has 0 unspecified atom stereocenters. The number of ether oxygens (including phenoxy) is 1. The Hall–Kier alpha value is -5.49. The highest BCUT2D eigenvalue weighted by Gasteiger charge is 2.45. The predicted molar refractivity (Wildman–Crippen MR) is 161 cm³/mol. The fourth-order valence-corrected chi connectivity index (χ4v) is 5.01. The number of benzene rings is 2. The SMILES string of the molecule is C[C@](O)(CNC(=O)c1cc(Nc2ncccn2)c2ncccc2c1)c1cc2c(c(-c3ccc(F)cc3)n1)OC[C@]2(C)C(N)=O. The Morgan fingerprint density at radius 3 is 2.52 bits per heavy atom. The molecule has 1 aliphatic heterocycles. The lowest BCUT2D eigenvalue weighted by atomic mass is 9.82. The minimum absolute atomic E-state index is 0.0168. The summed E-state index contributed by atoms with van der Waals surface area (Å²) in [6.07, 6.45) is 4.83. The Balaban J connectivity index is 1.32. The second-order valence-electron chi connectivity index (χ2n) is 11.0. The van der Waals surface area contributed by atoms with Gasteiger partial charge in [-0.2, -0.15) is 0 Å². The van der Waals surface area contributed by atoms with E-state index in [1.54, 1.807) is 55.8 Å². The van der Waals surface area contributed by atoms with Crippen LogP contribution in [0, 0.1) is 5.82 Å². The molecule has 44 heavy (non-hydrogen) atoms. The first-order chi connectivity index (χ1) is 21.0. The standard InChI is InChI=1S/C32H28FN7O4/c1-31(29(34)42)17-44-27-22(31)15-24(40-26(27)18-6-8-21(33)9-7-18)32(2,43)16-38-28(41)20-13-19-5-3-10-35-25(19)23(14-20)39-30-36-11-4-12-37-30/h3-15,43H,16-17H2,1-2H3,(H2,34,42)(H,38,41)(H,36,37,39)/t31-,32-/m0/s1. The predicted octanol–water partition coefficient (Wildman–Crippen LogP) is 3.74. The van der Waals surface area contributed by atoms with E-state index < -0.39 is 28.6 Å². The molecule has 5 aromatic rings. The van der Waals surface area contributed by atoms with Crippen LogP contribution in [-0.2, 0) is 15.8 Å². The number of nitrogens with one attached hydrogen (secondary N) is 2. The maximum absolute atomic E-state index is 13.7. The number of carbonyl (C=O) groups excluding carboxylic acids is 2. The van der Waals surface area contributed by atoms with Gasteiger partial charge in [0.15, 0.2) is 0 Å². The van der Waals surface area contributed by atoms with Gasteiger partial charge in [-0.15, -0.1) is 0 Å². The summed E-state index contributed by atoms with van der Waals surface area (Å²) in [4.78, 5) is 43.4. The van der Waals surface area contributed by atoms with Crippen LogP contribution in [0.3, 0.4) is 0 Å². The van der Waals surface area contributed by atoms with Crippen LogP contribution >= 0.6 is 0 Å². The summed E-state index contributed by atoms with van der Waals surface area (Å²) in [6, 6.07) is 15.8. The van der Waals surface area contributed by atoms with E-state index in [1.165, 1.54) is 31.2 Å². The third kappa shape index (κ3) is 5.26. The van der Waals surface area contributed by atoms with Crippen LogP contribution in [0.1, 0.15) is 35.5 Å². The third-order valence-electron chi connectivity index (χ3n) is 7.66. The van der Waals surface area contributed by atoms with Crippen LogP contribution in [0.25, 0.3) is 22.2 Å². The molecule has 12 heteroatoms. The number of aliphatic hydroxyl groups is 1. The van der Waals surface area contributed by atoms with Crippen LogP contribution in [0.4, 0.5) is 16.0 Å². The molecular formula is C32H28FN7O4. The molecule has 0 saturated carbocycles. The smallest absolute Gasteiger partial charge is 0.251 e. The molecule has 0 fully saturated rings. The number of aromatic nitrogens is 4. The first kappa shape index (κ1) is 28.6. The molecule has 2 amide bonds. The van der Waals surface area contributed by atoms with Gasteiger partial charge in [0.05, 0.1) is 23.4 Å². The van der Waals surface area contributed by atoms with Gasteiger partial charge in [-0.3, -0.25) is 14.6 Å². The van der Waals surface area contributed by atoms with Crippen molar-refractivity contribution in [3.8, 4) is 17.0 Å². The molecule has 1 aliphatic rings. The zero-order valence-electron chi connectivity index (χ0n) is 23.8. The van der Waals surface area contributed by atoms with Gasteiger partial charge in [0.1, 0.15) is 34.9 Å². The number of hydrogen-bond acceptors (Lipinski definition) is 9. The molecule has 3 aromatic heterocycles. The number of rotatable bonds is 8. The number of carbonyl (C=O) groups is 2. The quantitative estimate of drug-likeness (QED) is 0.210. The fraction of sp³-hybridized carbons (Fsp3) is 0.188. The third-order valence-corrected chi connectivity index (χ3v) is 7.66. The molecule has 0 aliphatic carbocycles. The summed E-state index contributed by atoms with van der Waals surface area (Å²) in [7, 11) is 0. The van der Waals surface area contributed by atoms with Crippen LogP contribution < -0.4 is 21.1 Å². The van der Waals surface area contributed by atoms with Crippen LogP contribution in [0.5, 0.6) is 5.75 Å². The van der Waals surface area contributed by atoms with Crippen molar-refractivity contribution in [2.45, 2.75) is 24.9 Å². The van der Waals surface area contributed by atoms with Gasteiger partial charge in [-0.25, -0.2) is 19.3 Å². The number of nitrogens with two attached hydrogens (primary N) is 1. The molecule has 0 spiro atoms. The lowest BCUT2D eigenvalue weighted by Gasteiger charge is -2.26. The zero-order valence-corrected chi connectivity index (χ0v) is 23.8. The lowest BCUT2D eigenvalue weighted by Crippen LogP contribution is -2.41. The Labute approximate surface area is 251 Å². The van der Waals surface area contributed by atoms with Crippen LogP contribution in [0.2, 0.25) is 0 Å². The number of hydrogen-bond donors (Lipinski definition) is 4. The van der Waals surface area contributed by atoms with Gasteiger partial charge >= 0.3 is 0 Å². The van der Waals surface area contributed by atoms with Gasteiger partial charge in [0.25, 0.3) is 5.91 Å². The van der Waals surface area contributed by atoms with E-state index >= 15 is 0 Å². The van der Waals surface area contributed by atoms with E-state index in [0.717, 1.165) is 0 Å². The minimum atomic E-state index is -1.70. The van der Waals surface area contributed by atoms with Crippen molar-refractivity contribution in [1.29, 1.82) is 0 Å². The molecule has 6 rings (SSSR count). The van der Waals surface area contributed by atoms with Crippen LogP contribution in [0.15, 0.2) is 79.3 Å². The second kappa shape index (κ2) is 11.0. The average Bonchev–Trinajstić information content (AvgIpc) is 3.38. The maximum Gasteiger partial charge on any atom is 0.251 e. The van der Waals surface area contributed by atoms with Gasteiger partial charge < -0.3 is 26.2 Å². The largest absolute Gasteiger partial charge is 0.489 e. The minimum Gasteiger partial charge on any atom is -0.489 e. The summed E-state index contributed by atoms with van der Waals surface area (Å²) in [5.74, 6) is -0.834. The van der Waals surface area contributed by atoms with Gasteiger partial charge in [-0.05, 0) is 68.4 Å². The zero-order chi connectivity index (χ0) is 31.1. The van der Waals surface area contributed by atoms with Crippen molar-refractivity contribution in [2.24, 2.45) is 5.73 Å². The van der Waals surface area contributed by atoms with Crippen LogP contribution in [-0.4, -0.2) is 50.0 Å². The number of fused-ring (bicyclic) bond motifs is 2. The van der Waals surface area contributed by atoms with Crippen molar-refractivity contribution >= 4 is 34.4 Å². The molecule has 11 nitrogen and oxygen atoms in total. The first-order valence-electron chi connectivity index (χ1n) is 13.7. The summed E-state index contributed by atoms with van der Waals surface area (Å²) in [6.45, 7) is 2.90. The topological polar surface area (TPSA) is 165 Å². The molecular weight excluding hydrogens is 565 g/mol. The number of halogens is 1. The Bertz CT molecular complexity index is 1900. The van der Waals surface area contributed by atoms with E-state index in [0.29, 0.717) is 50.7 Å². The van der Waals surface area contributed by atoms with Crippen molar-refractivity contribution in [3.05, 3.63) is 102 Å². The monoisotopic (exact) mass is 593 g/mol. The fourth-order valence-electron chi connectivity index (χ4n) is 5.01. The summed E-state index contributed by atoms with van der Waals surface area (Å²) in [5.41, 5.74) is 5.77. The molecule has 0 bridgehead atoms. The Kier molecular flexibility index (Phi) is 7.14. The molecule has 2 aromatic carbocycles. The van der Waals surface area contributed by atoms with Gasteiger partial charge in [0, 0.05) is 40.7 Å². The van der Waals surface area contributed by atoms with Gasteiger partial charge in [-0.1, -0.05) is 6.07 Å². The number of amides is 2.